The number of benzene rings is 2. The molecule has 142 valence electrons. The Labute approximate surface area is 166 Å². The van der Waals surface area contributed by atoms with Crippen molar-refractivity contribution in [2.45, 2.75) is 6.54 Å². The van der Waals surface area contributed by atoms with Gasteiger partial charge in [0.15, 0.2) is 5.82 Å². The van der Waals surface area contributed by atoms with Crippen LogP contribution in [0.15, 0.2) is 53.3 Å². The standard InChI is InChI=1S/C20H17ClN4O3/c1-26-15-8-5-13(16(9-15)27-2)10-22-20-19-18(23-11-24-20)17(25-28-19)12-3-6-14(21)7-4-12/h3-9,11H,10H2,1-2H3,(H,22,23,24). The van der Waals surface area contributed by atoms with Gasteiger partial charge in [-0.1, -0.05) is 28.9 Å². The number of halogens is 1. The zero-order chi connectivity index (χ0) is 19.5. The molecule has 4 aromatic rings. The number of aromatic nitrogens is 3. The smallest absolute Gasteiger partial charge is 0.228 e. The summed E-state index contributed by atoms with van der Waals surface area (Å²) >= 11 is 5.96. The van der Waals surface area contributed by atoms with Crippen LogP contribution in [0.2, 0.25) is 5.02 Å². The Hall–Kier alpha value is -3.32. The highest BCUT2D eigenvalue weighted by Gasteiger charge is 2.16. The van der Waals surface area contributed by atoms with E-state index in [0.29, 0.717) is 34.2 Å². The molecule has 0 amide bonds. The molecule has 4 rings (SSSR count). The van der Waals surface area contributed by atoms with Crippen LogP contribution in [0.4, 0.5) is 5.82 Å². The molecule has 0 aliphatic heterocycles. The predicted molar refractivity (Wildman–Crippen MR) is 107 cm³/mol. The van der Waals surface area contributed by atoms with E-state index in [0.717, 1.165) is 22.6 Å². The Morgan fingerprint density at radius 2 is 1.86 bits per heavy atom. The first-order valence-electron chi connectivity index (χ1n) is 8.50. The van der Waals surface area contributed by atoms with Gasteiger partial charge in [0.1, 0.15) is 29.0 Å². The van der Waals surface area contributed by atoms with Crippen molar-refractivity contribution >= 4 is 28.5 Å². The molecule has 7 nitrogen and oxygen atoms in total. The number of ether oxygens (including phenoxy) is 2. The maximum atomic E-state index is 5.96. The van der Waals surface area contributed by atoms with E-state index in [1.54, 1.807) is 26.4 Å². The topological polar surface area (TPSA) is 82.3 Å². The molecule has 0 aliphatic rings. The highest BCUT2D eigenvalue weighted by atomic mass is 35.5. The van der Waals surface area contributed by atoms with E-state index in [2.05, 4.69) is 20.4 Å². The molecule has 28 heavy (non-hydrogen) atoms. The van der Waals surface area contributed by atoms with E-state index < -0.39 is 0 Å². The van der Waals surface area contributed by atoms with E-state index in [1.807, 2.05) is 30.3 Å². The van der Waals surface area contributed by atoms with Gasteiger partial charge in [-0.15, -0.1) is 0 Å². The summed E-state index contributed by atoms with van der Waals surface area (Å²) in [4.78, 5) is 8.62. The molecule has 0 fully saturated rings. The first kappa shape index (κ1) is 18.1. The molecule has 2 aromatic carbocycles. The summed E-state index contributed by atoms with van der Waals surface area (Å²) in [5.74, 6) is 2.00. The molecular formula is C20H17ClN4O3. The fourth-order valence-corrected chi connectivity index (χ4v) is 2.99. The lowest BCUT2D eigenvalue weighted by atomic mass is 10.1. The molecule has 0 aliphatic carbocycles. The molecule has 0 atom stereocenters. The number of fused-ring (bicyclic) bond motifs is 1. The first-order valence-corrected chi connectivity index (χ1v) is 8.88. The molecule has 0 spiro atoms. The second-order valence-electron chi connectivity index (χ2n) is 5.97. The van der Waals surface area contributed by atoms with Gasteiger partial charge in [-0.2, -0.15) is 0 Å². The van der Waals surface area contributed by atoms with Crippen molar-refractivity contribution in [3.63, 3.8) is 0 Å². The van der Waals surface area contributed by atoms with Gasteiger partial charge in [0.2, 0.25) is 5.58 Å². The quantitative estimate of drug-likeness (QED) is 0.511. The van der Waals surface area contributed by atoms with Crippen LogP contribution in [-0.4, -0.2) is 29.3 Å². The fourth-order valence-electron chi connectivity index (χ4n) is 2.86. The van der Waals surface area contributed by atoms with Gasteiger partial charge in [0.05, 0.1) is 14.2 Å². The van der Waals surface area contributed by atoms with Crippen LogP contribution < -0.4 is 14.8 Å². The molecule has 8 heteroatoms. The van der Waals surface area contributed by atoms with E-state index in [1.165, 1.54) is 6.33 Å². The van der Waals surface area contributed by atoms with Gasteiger partial charge in [-0.3, -0.25) is 0 Å². The SMILES string of the molecule is COc1ccc(CNc2ncnc3c(-c4ccc(Cl)cc4)noc23)c(OC)c1. The van der Waals surface area contributed by atoms with Crippen molar-refractivity contribution < 1.29 is 14.0 Å². The number of nitrogens with one attached hydrogen (secondary N) is 1. The second kappa shape index (κ2) is 7.74. The highest BCUT2D eigenvalue weighted by molar-refractivity contribution is 6.30. The second-order valence-corrected chi connectivity index (χ2v) is 6.41. The number of nitrogens with zero attached hydrogens (tertiary/aromatic N) is 3. The van der Waals surface area contributed by atoms with Crippen LogP contribution in [0.3, 0.4) is 0 Å². The first-order chi connectivity index (χ1) is 13.7. The highest BCUT2D eigenvalue weighted by Crippen LogP contribution is 2.31. The van der Waals surface area contributed by atoms with E-state index in [-0.39, 0.29) is 0 Å². The number of rotatable bonds is 6. The summed E-state index contributed by atoms with van der Waals surface area (Å²) in [5.41, 5.74) is 3.57. The van der Waals surface area contributed by atoms with Gasteiger partial charge < -0.3 is 19.3 Å². The van der Waals surface area contributed by atoms with E-state index >= 15 is 0 Å². The summed E-state index contributed by atoms with van der Waals surface area (Å²) in [7, 11) is 3.24. The van der Waals surface area contributed by atoms with Crippen molar-refractivity contribution in [1.82, 2.24) is 15.1 Å². The number of anilines is 1. The average molecular weight is 397 g/mol. The zero-order valence-electron chi connectivity index (χ0n) is 15.3. The van der Waals surface area contributed by atoms with Crippen molar-refractivity contribution in [3.05, 3.63) is 59.4 Å². The molecule has 0 unspecified atom stereocenters. The lowest BCUT2D eigenvalue weighted by molar-refractivity contribution is 0.391. The summed E-state index contributed by atoms with van der Waals surface area (Å²) in [6.07, 6.45) is 1.48. The predicted octanol–water partition coefficient (Wildman–Crippen LogP) is 4.57. The van der Waals surface area contributed by atoms with Gasteiger partial charge >= 0.3 is 0 Å². The number of methoxy groups -OCH3 is 2. The van der Waals surface area contributed by atoms with Crippen molar-refractivity contribution in [3.8, 4) is 22.8 Å². The largest absolute Gasteiger partial charge is 0.497 e. The fraction of sp³-hybridized carbons (Fsp3) is 0.150. The maximum Gasteiger partial charge on any atom is 0.228 e. The van der Waals surface area contributed by atoms with Crippen molar-refractivity contribution in [2.75, 3.05) is 19.5 Å². The summed E-state index contributed by atoms with van der Waals surface area (Å²) in [5, 5.41) is 8.08. The van der Waals surface area contributed by atoms with Crippen molar-refractivity contribution in [1.29, 1.82) is 0 Å². The zero-order valence-corrected chi connectivity index (χ0v) is 16.0. The minimum atomic E-state index is 0.482. The van der Waals surface area contributed by atoms with Gasteiger partial charge in [0.25, 0.3) is 0 Å². The summed E-state index contributed by atoms with van der Waals surface area (Å²) < 4.78 is 16.2. The Bertz CT molecular complexity index is 1110. The van der Waals surface area contributed by atoms with Crippen LogP contribution in [-0.2, 0) is 6.54 Å². The molecule has 0 bridgehead atoms. The third kappa shape index (κ3) is 3.44. The molecule has 2 aromatic heterocycles. The van der Waals surface area contributed by atoms with E-state index in [9.17, 15) is 0 Å². The Morgan fingerprint density at radius 3 is 2.61 bits per heavy atom. The van der Waals surface area contributed by atoms with Gasteiger partial charge in [-0.05, 0) is 24.3 Å². The molecule has 0 saturated heterocycles. The average Bonchev–Trinajstić information content (AvgIpc) is 3.17. The van der Waals surface area contributed by atoms with Crippen LogP contribution >= 0.6 is 11.6 Å². The van der Waals surface area contributed by atoms with Crippen molar-refractivity contribution in [2.24, 2.45) is 0 Å². The lowest BCUT2D eigenvalue weighted by Gasteiger charge is -2.11. The summed E-state index contributed by atoms with van der Waals surface area (Å²) in [6, 6.07) is 13.0. The Kier molecular flexibility index (Phi) is 4.99. The minimum Gasteiger partial charge on any atom is -0.497 e. The van der Waals surface area contributed by atoms with Crippen LogP contribution in [0, 0.1) is 0 Å². The monoisotopic (exact) mass is 396 g/mol. The molecule has 1 N–H and O–H groups in total. The van der Waals surface area contributed by atoms with Gasteiger partial charge in [-0.25, -0.2) is 9.97 Å². The van der Waals surface area contributed by atoms with Crippen LogP contribution in [0.5, 0.6) is 11.5 Å². The minimum absolute atomic E-state index is 0.482. The third-order valence-corrected chi connectivity index (χ3v) is 4.57. The number of hydrogen-bond acceptors (Lipinski definition) is 7. The molecule has 0 radical (unpaired) electrons. The summed E-state index contributed by atoms with van der Waals surface area (Å²) in [6.45, 7) is 0.482. The van der Waals surface area contributed by atoms with E-state index in [4.69, 9.17) is 25.6 Å². The Balaban J connectivity index is 1.63. The molecule has 2 heterocycles. The normalized spacial score (nSPS) is 10.8. The van der Waals surface area contributed by atoms with Crippen LogP contribution in [0.25, 0.3) is 22.4 Å². The van der Waals surface area contributed by atoms with Gasteiger partial charge in [0, 0.05) is 28.8 Å². The molecule has 0 saturated carbocycles. The Morgan fingerprint density at radius 1 is 1.04 bits per heavy atom. The lowest BCUT2D eigenvalue weighted by Crippen LogP contribution is -2.04. The maximum absolute atomic E-state index is 5.96. The number of hydrogen-bond donors (Lipinski definition) is 1. The molecular weight excluding hydrogens is 380 g/mol. The third-order valence-electron chi connectivity index (χ3n) is 4.31. The van der Waals surface area contributed by atoms with Crippen LogP contribution in [0.1, 0.15) is 5.56 Å².